The first-order valence-electron chi connectivity index (χ1n) is 10.2. The van der Waals surface area contributed by atoms with Crippen molar-refractivity contribution in [2.45, 2.75) is 24.2 Å². The summed E-state index contributed by atoms with van der Waals surface area (Å²) in [5.41, 5.74) is 2.73. The number of rotatable bonds is 7. The van der Waals surface area contributed by atoms with Crippen LogP contribution in [0.3, 0.4) is 0 Å². The van der Waals surface area contributed by atoms with Crippen LogP contribution >= 0.6 is 0 Å². The number of hydrogen-bond donors (Lipinski definition) is 2. The van der Waals surface area contributed by atoms with E-state index >= 15 is 0 Å². The van der Waals surface area contributed by atoms with Crippen molar-refractivity contribution in [3.63, 3.8) is 0 Å². The Balaban J connectivity index is 1.47. The third-order valence-electron chi connectivity index (χ3n) is 5.05. The molecule has 0 aliphatic carbocycles. The number of anilines is 2. The molecule has 1 atom stereocenters. The molecule has 0 aliphatic heterocycles. The predicted octanol–water partition coefficient (Wildman–Crippen LogP) is 4.56. The Morgan fingerprint density at radius 1 is 0.906 bits per heavy atom. The molecule has 4 aromatic rings. The lowest BCUT2D eigenvalue weighted by molar-refractivity contribution is -0.117. The summed E-state index contributed by atoms with van der Waals surface area (Å²) in [6.45, 7) is 1.95. The highest BCUT2D eigenvalue weighted by molar-refractivity contribution is 7.92. The van der Waals surface area contributed by atoms with Gasteiger partial charge in [-0.15, -0.1) is 0 Å². The van der Waals surface area contributed by atoms with Crippen molar-refractivity contribution in [1.29, 1.82) is 0 Å². The highest BCUT2D eigenvalue weighted by atomic mass is 32.2. The summed E-state index contributed by atoms with van der Waals surface area (Å²) in [7, 11) is -3.86. The van der Waals surface area contributed by atoms with Gasteiger partial charge in [0.15, 0.2) is 5.82 Å². The topological polar surface area (TPSA) is 101 Å². The van der Waals surface area contributed by atoms with E-state index in [0.29, 0.717) is 23.1 Å². The van der Waals surface area contributed by atoms with Gasteiger partial charge in [0.25, 0.3) is 10.0 Å². The summed E-state index contributed by atoms with van der Waals surface area (Å²) in [5.74, 6) is -0.290. The minimum atomic E-state index is -3.86. The predicted molar refractivity (Wildman–Crippen MR) is 125 cm³/mol. The second kappa shape index (κ2) is 9.15. The molecule has 0 saturated heterocycles. The van der Waals surface area contributed by atoms with Gasteiger partial charge >= 0.3 is 0 Å². The molecule has 32 heavy (non-hydrogen) atoms. The van der Waals surface area contributed by atoms with E-state index in [2.05, 4.69) is 20.0 Å². The number of carbonyl (C=O) groups is 1. The van der Waals surface area contributed by atoms with Gasteiger partial charge in [0.2, 0.25) is 5.91 Å². The van der Waals surface area contributed by atoms with Crippen LogP contribution < -0.4 is 10.0 Å². The zero-order chi connectivity index (χ0) is 22.6. The SMILES string of the molecule is CC[C@H](C(=O)Nc1ccc(S(=O)(=O)Nc2cnc3ccccc3n2)cc1)c1ccccc1. The van der Waals surface area contributed by atoms with Gasteiger partial charge < -0.3 is 5.32 Å². The van der Waals surface area contributed by atoms with Gasteiger partial charge in [-0.25, -0.2) is 13.4 Å². The van der Waals surface area contributed by atoms with Crippen LogP contribution in [0.2, 0.25) is 0 Å². The third kappa shape index (κ3) is 4.76. The van der Waals surface area contributed by atoms with Crippen LogP contribution in [0.15, 0.2) is 90.0 Å². The first-order chi connectivity index (χ1) is 15.5. The van der Waals surface area contributed by atoms with Crippen LogP contribution in [0.4, 0.5) is 11.5 Å². The Kier molecular flexibility index (Phi) is 6.13. The van der Waals surface area contributed by atoms with E-state index in [9.17, 15) is 13.2 Å². The molecule has 0 spiro atoms. The highest BCUT2D eigenvalue weighted by Gasteiger charge is 2.19. The number of para-hydroxylation sites is 2. The van der Waals surface area contributed by atoms with E-state index in [1.54, 1.807) is 24.3 Å². The fourth-order valence-corrected chi connectivity index (χ4v) is 4.39. The Labute approximate surface area is 186 Å². The van der Waals surface area contributed by atoms with Gasteiger partial charge in [0.05, 0.1) is 28.0 Å². The molecule has 0 aliphatic rings. The molecule has 4 rings (SSSR count). The van der Waals surface area contributed by atoms with Gasteiger partial charge in [-0.1, -0.05) is 49.4 Å². The largest absolute Gasteiger partial charge is 0.326 e. The van der Waals surface area contributed by atoms with E-state index < -0.39 is 10.0 Å². The van der Waals surface area contributed by atoms with Gasteiger partial charge in [-0.05, 0) is 48.4 Å². The maximum atomic E-state index is 12.7. The summed E-state index contributed by atoms with van der Waals surface area (Å²) in [6.07, 6.45) is 2.03. The molecule has 0 radical (unpaired) electrons. The minimum absolute atomic E-state index is 0.0561. The van der Waals surface area contributed by atoms with Gasteiger partial charge in [0.1, 0.15) is 0 Å². The average Bonchev–Trinajstić information content (AvgIpc) is 2.80. The smallest absolute Gasteiger partial charge is 0.263 e. The maximum absolute atomic E-state index is 12.7. The summed E-state index contributed by atoms with van der Waals surface area (Å²) in [6, 6.07) is 22.8. The summed E-state index contributed by atoms with van der Waals surface area (Å²) < 4.78 is 27.9. The number of amides is 1. The van der Waals surface area contributed by atoms with Crippen molar-refractivity contribution in [3.8, 4) is 0 Å². The lowest BCUT2D eigenvalue weighted by Gasteiger charge is -2.15. The second-order valence-corrected chi connectivity index (χ2v) is 8.92. The average molecular weight is 447 g/mol. The molecular formula is C24H22N4O3S. The molecule has 8 heteroatoms. The Morgan fingerprint density at radius 2 is 1.56 bits per heavy atom. The van der Waals surface area contributed by atoms with Crippen molar-refractivity contribution >= 4 is 38.5 Å². The molecule has 1 amide bonds. The summed E-state index contributed by atoms with van der Waals surface area (Å²) in [5, 5.41) is 2.86. The fraction of sp³-hybridized carbons (Fsp3) is 0.125. The van der Waals surface area contributed by atoms with Gasteiger partial charge in [-0.3, -0.25) is 14.5 Å². The van der Waals surface area contributed by atoms with Crippen LogP contribution in [0, 0.1) is 0 Å². The van der Waals surface area contributed by atoms with E-state index in [1.807, 2.05) is 49.4 Å². The maximum Gasteiger partial charge on any atom is 0.263 e. The van der Waals surface area contributed by atoms with Crippen molar-refractivity contribution in [2.24, 2.45) is 0 Å². The molecule has 0 fully saturated rings. The molecule has 1 heterocycles. The second-order valence-electron chi connectivity index (χ2n) is 7.23. The number of fused-ring (bicyclic) bond motifs is 1. The first-order valence-corrected chi connectivity index (χ1v) is 11.6. The number of nitrogens with one attached hydrogen (secondary N) is 2. The van der Waals surface area contributed by atoms with Crippen LogP contribution in [0.25, 0.3) is 11.0 Å². The number of carbonyl (C=O) groups excluding carboxylic acids is 1. The molecule has 3 aromatic carbocycles. The lowest BCUT2D eigenvalue weighted by atomic mass is 9.95. The monoisotopic (exact) mass is 446 g/mol. The van der Waals surface area contributed by atoms with E-state index in [-0.39, 0.29) is 22.5 Å². The van der Waals surface area contributed by atoms with Crippen LogP contribution in [-0.4, -0.2) is 24.3 Å². The van der Waals surface area contributed by atoms with Crippen molar-refractivity contribution in [3.05, 3.63) is 90.6 Å². The van der Waals surface area contributed by atoms with Gasteiger partial charge in [0, 0.05) is 5.69 Å². The third-order valence-corrected chi connectivity index (χ3v) is 6.42. The number of sulfonamides is 1. The fourth-order valence-electron chi connectivity index (χ4n) is 3.41. The van der Waals surface area contributed by atoms with Crippen LogP contribution in [0.1, 0.15) is 24.8 Å². The molecule has 0 unspecified atom stereocenters. The van der Waals surface area contributed by atoms with Crippen molar-refractivity contribution < 1.29 is 13.2 Å². The standard InChI is InChI=1S/C24H22N4O3S/c1-2-20(17-8-4-3-5-9-17)24(29)26-18-12-14-19(15-13-18)32(30,31)28-23-16-25-21-10-6-7-11-22(21)27-23/h3-16,20H,2H2,1H3,(H,26,29)(H,27,28)/t20-/m0/s1. The molecule has 7 nitrogen and oxygen atoms in total. The Bertz CT molecular complexity index is 1340. The van der Waals surface area contributed by atoms with Crippen LogP contribution in [0.5, 0.6) is 0 Å². The lowest BCUT2D eigenvalue weighted by Crippen LogP contribution is -2.20. The highest BCUT2D eigenvalue weighted by Crippen LogP contribution is 2.23. The molecule has 162 valence electrons. The normalized spacial score (nSPS) is 12.3. The summed E-state index contributed by atoms with van der Waals surface area (Å²) in [4.78, 5) is 21.3. The number of aromatic nitrogens is 2. The molecule has 0 saturated carbocycles. The summed E-state index contributed by atoms with van der Waals surface area (Å²) >= 11 is 0. The number of benzene rings is 3. The molecule has 2 N–H and O–H groups in total. The van der Waals surface area contributed by atoms with E-state index in [4.69, 9.17) is 0 Å². The van der Waals surface area contributed by atoms with Crippen molar-refractivity contribution in [2.75, 3.05) is 10.0 Å². The number of nitrogens with zero attached hydrogens (tertiary/aromatic N) is 2. The Morgan fingerprint density at radius 3 is 2.25 bits per heavy atom. The Hall–Kier alpha value is -3.78. The zero-order valence-electron chi connectivity index (χ0n) is 17.4. The zero-order valence-corrected chi connectivity index (χ0v) is 18.2. The van der Waals surface area contributed by atoms with E-state index in [1.165, 1.54) is 18.3 Å². The van der Waals surface area contributed by atoms with Crippen LogP contribution in [-0.2, 0) is 14.8 Å². The number of hydrogen-bond acceptors (Lipinski definition) is 5. The van der Waals surface area contributed by atoms with Crippen molar-refractivity contribution in [1.82, 2.24) is 9.97 Å². The molecule has 1 aromatic heterocycles. The quantitative estimate of drug-likeness (QED) is 0.433. The molecule has 0 bridgehead atoms. The first kappa shape index (κ1) is 21.5. The van der Waals surface area contributed by atoms with E-state index in [0.717, 1.165) is 5.56 Å². The molecular weight excluding hydrogens is 424 g/mol. The van der Waals surface area contributed by atoms with Gasteiger partial charge in [-0.2, -0.15) is 0 Å². The minimum Gasteiger partial charge on any atom is -0.326 e.